The van der Waals surface area contributed by atoms with Gasteiger partial charge in [-0.3, -0.25) is 4.79 Å². The van der Waals surface area contributed by atoms with Crippen molar-refractivity contribution in [2.75, 3.05) is 5.32 Å². The number of amides is 1. The van der Waals surface area contributed by atoms with Crippen molar-refractivity contribution >= 4 is 27.7 Å². The number of nitrogens with one attached hydrogen (secondary N) is 2. The molecule has 2 aromatic carbocycles. The molecule has 0 unspecified atom stereocenters. The molecule has 1 fully saturated rings. The number of hydrogen-bond acceptors (Lipinski definition) is 4. The second-order valence-electron chi connectivity index (χ2n) is 6.80. The van der Waals surface area contributed by atoms with E-state index in [9.17, 15) is 13.2 Å². The predicted octanol–water partition coefficient (Wildman–Crippen LogP) is 2.96. The van der Waals surface area contributed by atoms with E-state index in [2.05, 4.69) is 15.1 Å². The van der Waals surface area contributed by atoms with E-state index in [1.165, 1.54) is 18.2 Å². The van der Waals surface area contributed by atoms with Crippen LogP contribution >= 0.6 is 0 Å². The summed E-state index contributed by atoms with van der Waals surface area (Å²) in [6, 6.07) is 15.9. The van der Waals surface area contributed by atoms with Gasteiger partial charge in [-0.15, -0.1) is 0 Å². The molecule has 29 heavy (non-hydrogen) atoms. The lowest BCUT2D eigenvalue weighted by molar-refractivity contribution is -0.111. The second-order valence-corrected chi connectivity index (χ2v) is 8.51. The van der Waals surface area contributed by atoms with Gasteiger partial charge in [-0.25, -0.2) is 17.8 Å². The van der Waals surface area contributed by atoms with Gasteiger partial charge < -0.3 is 5.32 Å². The van der Waals surface area contributed by atoms with E-state index in [0.29, 0.717) is 5.69 Å². The third-order valence-corrected chi connectivity index (χ3v) is 5.88. The summed E-state index contributed by atoms with van der Waals surface area (Å²) in [7, 11) is -3.56. The molecule has 7 nitrogen and oxygen atoms in total. The van der Waals surface area contributed by atoms with Crippen LogP contribution in [0, 0.1) is 0 Å². The summed E-state index contributed by atoms with van der Waals surface area (Å²) in [6.45, 7) is 0. The van der Waals surface area contributed by atoms with E-state index in [0.717, 1.165) is 24.1 Å². The number of carbonyl (C=O) groups excluding carboxylic acids is 1. The maximum absolute atomic E-state index is 12.3. The molecule has 8 heteroatoms. The van der Waals surface area contributed by atoms with Gasteiger partial charge in [0.2, 0.25) is 15.9 Å². The van der Waals surface area contributed by atoms with Gasteiger partial charge in [0.25, 0.3) is 0 Å². The first-order chi connectivity index (χ1) is 14.0. The first-order valence-electron chi connectivity index (χ1n) is 9.21. The number of hydrogen-bond donors (Lipinski definition) is 2. The Labute approximate surface area is 169 Å². The minimum absolute atomic E-state index is 0.0259. The van der Waals surface area contributed by atoms with Crippen LogP contribution in [0.25, 0.3) is 11.8 Å². The van der Waals surface area contributed by atoms with Gasteiger partial charge in [0.15, 0.2) is 0 Å². The van der Waals surface area contributed by atoms with E-state index >= 15 is 0 Å². The summed E-state index contributed by atoms with van der Waals surface area (Å²) in [5.41, 5.74) is 2.11. The van der Waals surface area contributed by atoms with Crippen LogP contribution in [0.5, 0.6) is 0 Å². The Balaban J connectivity index is 1.41. The van der Waals surface area contributed by atoms with Crippen LogP contribution in [-0.2, 0) is 14.8 Å². The van der Waals surface area contributed by atoms with Crippen molar-refractivity contribution in [3.63, 3.8) is 0 Å². The van der Waals surface area contributed by atoms with E-state index in [-0.39, 0.29) is 16.8 Å². The summed E-state index contributed by atoms with van der Waals surface area (Å²) in [6.07, 6.45) is 8.24. The Hall–Kier alpha value is -3.23. The Kier molecular flexibility index (Phi) is 5.28. The number of para-hydroxylation sites is 1. The third kappa shape index (κ3) is 4.98. The number of benzene rings is 2. The van der Waals surface area contributed by atoms with Crippen molar-refractivity contribution < 1.29 is 13.2 Å². The number of carbonyl (C=O) groups is 1. The van der Waals surface area contributed by atoms with Crippen LogP contribution in [0.2, 0.25) is 0 Å². The number of anilines is 1. The molecular weight excluding hydrogens is 388 g/mol. The molecule has 1 saturated carbocycles. The van der Waals surface area contributed by atoms with Crippen molar-refractivity contribution in [1.82, 2.24) is 14.5 Å². The summed E-state index contributed by atoms with van der Waals surface area (Å²) in [5.74, 6) is -0.359. The van der Waals surface area contributed by atoms with Gasteiger partial charge in [0, 0.05) is 29.6 Å². The highest BCUT2D eigenvalue weighted by molar-refractivity contribution is 7.89. The van der Waals surface area contributed by atoms with Crippen molar-refractivity contribution in [1.29, 1.82) is 0 Å². The molecule has 0 bridgehead atoms. The van der Waals surface area contributed by atoms with Crippen molar-refractivity contribution in [2.45, 2.75) is 23.8 Å². The van der Waals surface area contributed by atoms with E-state index < -0.39 is 10.0 Å². The lowest BCUT2D eigenvalue weighted by Gasteiger charge is -2.08. The van der Waals surface area contributed by atoms with Gasteiger partial charge in [-0.05, 0) is 49.2 Å². The van der Waals surface area contributed by atoms with Crippen LogP contribution in [0.15, 0.2) is 78.0 Å². The lowest BCUT2D eigenvalue weighted by Crippen LogP contribution is -2.25. The minimum atomic E-state index is -3.56. The maximum atomic E-state index is 12.3. The van der Waals surface area contributed by atoms with Gasteiger partial charge >= 0.3 is 0 Å². The minimum Gasteiger partial charge on any atom is -0.322 e. The van der Waals surface area contributed by atoms with Crippen molar-refractivity contribution in [2.24, 2.45) is 0 Å². The van der Waals surface area contributed by atoms with Crippen molar-refractivity contribution in [3.05, 3.63) is 78.6 Å². The van der Waals surface area contributed by atoms with Crippen LogP contribution in [0.1, 0.15) is 18.4 Å². The monoisotopic (exact) mass is 408 g/mol. The Morgan fingerprint density at radius 2 is 1.90 bits per heavy atom. The number of sulfonamides is 1. The molecule has 1 heterocycles. The fourth-order valence-corrected chi connectivity index (χ4v) is 4.08. The molecule has 1 aliphatic carbocycles. The largest absolute Gasteiger partial charge is 0.322 e. The Morgan fingerprint density at radius 3 is 2.66 bits per heavy atom. The Bertz CT molecular complexity index is 1150. The fourth-order valence-electron chi connectivity index (χ4n) is 2.73. The molecule has 3 aromatic rings. The highest BCUT2D eigenvalue weighted by Crippen LogP contribution is 2.23. The summed E-state index contributed by atoms with van der Waals surface area (Å²) < 4.78 is 29.0. The molecule has 0 atom stereocenters. The molecule has 0 aliphatic heterocycles. The average Bonchev–Trinajstić information content (AvgIpc) is 3.39. The zero-order chi connectivity index (χ0) is 20.3. The lowest BCUT2D eigenvalue weighted by atomic mass is 10.3. The smallest absolute Gasteiger partial charge is 0.248 e. The molecule has 2 N–H and O–H groups in total. The zero-order valence-corrected chi connectivity index (χ0v) is 16.3. The molecule has 0 radical (unpaired) electrons. The second kappa shape index (κ2) is 8.02. The van der Waals surface area contributed by atoms with Crippen LogP contribution in [0.4, 0.5) is 5.69 Å². The summed E-state index contributed by atoms with van der Waals surface area (Å²) in [5, 5.41) is 6.96. The quantitative estimate of drug-likeness (QED) is 0.588. The van der Waals surface area contributed by atoms with Gasteiger partial charge in [-0.2, -0.15) is 5.10 Å². The molecule has 1 aromatic heterocycles. The van der Waals surface area contributed by atoms with Crippen LogP contribution in [0.3, 0.4) is 0 Å². The predicted molar refractivity (Wildman–Crippen MR) is 111 cm³/mol. The summed E-state index contributed by atoms with van der Waals surface area (Å²) >= 11 is 0. The van der Waals surface area contributed by atoms with Crippen LogP contribution < -0.4 is 10.0 Å². The molecule has 148 valence electrons. The van der Waals surface area contributed by atoms with Gasteiger partial charge in [0.1, 0.15) is 0 Å². The molecule has 1 amide bonds. The SMILES string of the molecule is O=C(/C=C/c1cnn(-c2ccccc2)c1)Nc1cccc(S(=O)(=O)NC2CC2)c1. The summed E-state index contributed by atoms with van der Waals surface area (Å²) in [4.78, 5) is 12.4. The average molecular weight is 408 g/mol. The van der Waals surface area contributed by atoms with E-state index in [4.69, 9.17) is 0 Å². The van der Waals surface area contributed by atoms with Gasteiger partial charge in [-0.1, -0.05) is 24.3 Å². The van der Waals surface area contributed by atoms with E-state index in [1.807, 2.05) is 36.5 Å². The molecule has 1 aliphatic rings. The highest BCUT2D eigenvalue weighted by atomic mass is 32.2. The standard InChI is InChI=1S/C21H20N4O3S/c26-21(12-9-16-14-22-25(15-16)19-6-2-1-3-7-19)23-18-5-4-8-20(13-18)29(27,28)24-17-10-11-17/h1-9,12-15,17,24H,10-11H2,(H,23,26)/b12-9+. The normalized spacial score (nSPS) is 14.2. The highest BCUT2D eigenvalue weighted by Gasteiger charge is 2.28. The van der Waals surface area contributed by atoms with Crippen molar-refractivity contribution in [3.8, 4) is 5.69 Å². The topological polar surface area (TPSA) is 93.1 Å². The molecule has 0 saturated heterocycles. The number of nitrogens with zero attached hydrogens (tertiary/aromatic N) is 2. The number of rotatable bonds is 7. The number of aromatic nitrogens is 2. The van der Waals surface area contributed by atoms with Crippen LogP contribution in [-0.4, -0.2) is 30.1 Å². The molecule has 0 spiro atoms. The van der Waals surface area contributed by atoms with E-state index in [1.54, 1.807) is 29.1 Å². The Morgan fingerprint density at radius 1 is 1.10 bits per heavy atom. The maximum Gasteiger partial charge on any atom is 0.248 e. The third-order valence-electron chi connectivity index (χ3n) is 4.36. The fraction of sp³-hybridized carbons (Fsp3) is 0.143. The zero-order valence-electron chi connectivity index (χ0n) is 15.5. The first-order valence-corrected chi connectivity index (χ1v) is 10.7. The molecular formula is C21H20N4O3S. The van der Waals surface area contributed by atoms with Gasteiger partial charge in [0.05, 0.1) is 16.8 Å². The molecule has 4 rings (SSSR count). The first kappa shape index (κ1) is 19.1.